The van der Waals surface area contributed by atoms with E-state index in [1.54, 1.807) is 0 Å². The third-order valence-electron chi connectivity index (χ3n) is 4.08. The molecule has 100 valence electrons. The predicted molar refractivity (Wildman–Crippen MR) is 74.2 cm³/mol. The number of piperidine rings is 1. The van der Waals surface area contributed by atoms with E-state index in [1.165, 1.54) is 5.56 Å². The molecule has 2 heterocycles. The van der Waals surface area contributed by atoms with Crippen LogP contribution in [-0.2, 0) is 12.8 Å². The largest absolute Gasteiger partial charge is 0.356 e. The third-order valence-corrected chi connectivity index (χ3v) is 4.25. The van der Waals surface area contributed by atoms with Crippen LogP contribution in [0.3, 0.4) is 0 Å². The standard InChI is InChI=1S/C14H17ClN4/c15-14-17-12-5-1-4-11(12)13(18-14)19-8-2-3-10(9-19)6-7-16/h10H,1-6,8-9H2/t10-/m0/s1. The molecule has 1 aromatic rings. The van der Waals surface area contributed by atoms with E-state index in [-0.39, 0.29) is 0 Å². The summed E-state index contributed by atoms with van der Waals surface area (Å²) in [6, 6.07) is 2.29. The summed E-state index contributed by atoms with van der Waals surface area (Å²) in [6.07, 6.45) is 6.12. The van der Waals surface area contributed by atoms with E-state index in [0.29, 0.717) is 17.6 Å². The number of hydrogen-bond acceptors (Lipinski definition) is 4. The second-order valence-corrected chi connectivity index (χ2v) is 5.75. The van der Waals surface area contributed by atoms with Crippen LogP contribution in [0.1, 0.15) is 36.9 Å². The van der Waals surface area contributed by atoms with Crippen molar-refractivity contribution >= 4 is 17.4 Å². The van der Waals surface area contributed by atoms with Gasteiger partial charge in [0.25, 0.3) is 0 Å². The van der Waals surface area contributed by atoms with Crippen molar-refractivity contribution in [3.63, 3.8) is 0 Å². The van der Waals surface area contributed by atoms with Gasteiger partial charge in [-0.15, -0.1) is 0 Å². The topological polar surface area (TPSA) is 52.8 Å². The van der Waals surface area contributed by atoms with E-state index in [0.717, 1.165) is 56.7 Å². The number of aryl methyl sites for hydroxylation is 1. The quantitative estimate of drug-likeness (QED) is 0.780. The Morgan fingerprint density at radius 1 is 1.32 bits per heavy atom. The number of nitriles is 1. The maximum Gasteiger partial charge on any atom is 0.224 e. The zero-order valence-corrected chi connectivity index (χ0v) is 11.7. The van der Waals surface area contributed by atoms with Gasteiger partial charge in [0.15, 0.2) is 0 Å². The van der Waals surface area contributed by atoms with Crippen molar-refractivity contribution in [3.8, 4) is 6.07 Å². The van der Waals surface area contributed by atoms with E-state index in [4.69, 9.17) is 16.9 Å². The van der Waals surface area contributed by atoms with Gasteiger partial charge in [-0.05, 0) is 49.6 Å². The maximum absolute atomic E-state index is 8.86. The molecular formula is C14H17ClN4. The molecular weight excluding hydrogens is 260 g/mol. The Hall–Kier alpha value is -1.34. The minimum absolute atomic E-state index is 0.359. The molecule has 1 atom stereocenters. The molecule has 0 aromatic carbocycles. The van der Waals surface area contributed by atoms with Crippen molar-refractivity contribution in [3.05, 3.63) is 16.5 Å². The number of fused-ring (bicyclic) bond motifs is 1. The van der Waals surface area contributed by atoms with E-state index in [2.05, 4.69) is 20.9 Å². The van der Waals surface area contributed by atoms with Crippen LogP contribution in [0.2, 0.25) is 5.28 Å². The fourth-order valence-corrected chi connectivity index (χ4v) is 3.38. The fourth-order valence-electron chi connectivity index (χ4n) is 3.20. The summed E-state index contributed by atoms with van der Waals surface area (Å²) in [5.41, 5.74) is 2.40. The van der Waals surface area contributed by atoms with Gasteiger partial charge in [-0.1, -0.05) is 0 Å². The summed E-state index contributed by atoms with van der Waals surface area (Å²) in [7, 11) is 0. The summed E-state index contributed by atoms with van der Waals surface area (Å²) in [5.74, 6) is 1.49. The number of rotatable bonds is 2. The van der Waals surface area contributed by atoms with Crippen LogP contribution in [0.4, 0.5) is 5.82 Å². The van der Waals surface area contributed by atoms with Crippen molar-refractivity contribution in [2.45, 2.75) is 38.5 Å². The summed E-state index contributed by atoms with van der Waals surface area (Å²) in [4.78, 5) is 11.1. The molecule has 4 nitrogen and oxygen atoms in total. The Morgan fingerprint density at radius 2 is 2.21 bits per heavy atom. The van der Waals surface area contributed by atoms with Gasteiger partial charge in [0, 0.05) is 25.1 Å². The maximum atomic E-state index is 8.86. The van der Waals surface area contributed by atoms with E-state index in [1.807, 2.05) is 0 Å². The lowest BCUT2D eigenvalue weighted by molar-refractivity contribution is 0.419. The van der Waals surface area contributed by atoms with Gasteiger partial charge in [0.1, 0.15) is 5.82 Å². The van der Waals surface area contributed by atoms with Gasteiger partial charge < -0.3 is 4.90 Å². The highest BCUT2D eigenvalue weighted by atomic mass is 35.5. The van der Waals surface area contributed by atoms with Gasteiger partial charge in [0.2, 0.25) is 5.28 Å². The second-order valence-electron chi connectivity index (χ2n) is 5.41. The Bertz CT molecular complexity index is 523. The Balaban J connectivity index is 1.88. The number of nitrogens with zero attached hydrogens (tertiary/aromatic N) is 4. The first-order chi connectivity index (χ1) is 9.28. The zero-order chi connectivity index (χ0) is 13.2. The van der Waals surface area contributed by atoms with Crippen molar-refractivity contribution in [1.82, 2.24) is 9.97 Å². The van der Waals surface area contributed by atoms with Gasteiger partial charge in [0.05, 0.1) is 11.8 Å². The van der Waals surface area contributed by atoms with Crippen LogP contribution in [0, 0.1) is 17.2 Å². The lowest BCUT2D eigenvalue weighted by atomic mass is 9.95. The highest BCUT2D eigenvalue weighted by Gasteiger charge is 2.26. The first kappa shape index (κ1) is 12.7. The molecule has 1 aliphatic carbocycles. The first-order valence-corrected chi connectivity index (χ1v) is 7.33. The van der Waals surface area contributed by atoms with E-state index in [9.17, 15) is 0 Å². The monoisotopic (exact) mass is 276 g/mol. The molecule has 2 aliphatic rings. The minimum Gasteiger partial charge on any atom is -0.356 e. The molecule has 0 radical (unpaired) electrons. The highest BCUT2D eigenvalue weighted by Crippen LogP contribution is 2.32. The number of anilines is 1. The van der Waals surface area contributed by atoms with Gasteiger partial charge in [-0.2, -0.15) is 5.26 Å². The number of hydrogen-bond donors (Lipinski definition) is 0. The normalized spacial score (nSPS) is 22.1. The molecule has 0 unspecified atom stereocenters. The molecule has 19 heavy (non-hydrogen) atoms. The van der Waals surface area contributed by atoms with Crippen LogP contribution in [0.25, 0.3) is 0 Å². The molecule has 0 spiro atoms. The Labute approximate surface area is 118 Å². The van der Waals surface area contributed by atoms with Crippen LogP contribution >= 0.6 is 11.6 Å². The Morgan fingerprint density at radius 3 is 3.05 bits per heavy atom. The number of halogens is 1. The van der Waals surface area contributed by atoms with E-state index < -0.39 is 0 Å². The van der Waals surface area contributed by atoms with Gasteiger partial charge in [-0.3, -0.25) is 0 Å². The molecule has 0 saturated carbocycles. The molecule has 0 amide bonds. The van der Waals surface area contributed by atoms with Crippen LogP contribution in [0.5, 0.6) is 0 Å². The lowest BCUT2D eigenvalue weighted by Gasteiger charge is -2.33. The van der Waals surface area contributed by atoms with Gasteiger partial charge in [-0.25, -0.2) is 9.97 Å². The minimum atomic E-state index is 0.359. The first-order valence-electron chi connectivity index (χ1n) is 6.95. The smallest absolute Gasteiger partial charge is 0.224 e. The third kappa shape index (κ3) is 2.52. The fraction of sp³-hybridized carbons (Fsp3) is 0.643. The van der Waals surface area contributed by atoms with Crippen LogP contribution < -0.4 is 4.90 Å². The van der Waals surface area contributed by atoms with Crippen molar-refractivity contribution in [2.75, 3.05) is 18.0 Å². The molecule has 0 bridgehead atoms. The van der Waals surface area contributed by atoms with Gasteiger partial charge >= 0.3 is 0 Å². The predicted octanol–water partition coefficient (Wildman–Crippen LogP) is 2.75. The molecule has 1 aromatic heterocycles. The lowest BCUT2D eigenvalue weighted by Crippen LogP contribution is -2.36. The van der Waals surface area contributed by atoms with E-state index >= 15 is 0 Å². The summed E-state index contributed by atoms with van der Waals surface area (Å²) >= 11 is 6.04. The zero-order valence-electron chi connectivity index (χ0n) is 10.9. The second kappa shape index (κ2) is 5.34. The molecule has 1 saturated heterocycles. The SMILES string of the molecule is N#CC[C@@H]1CCCN(c2nc(Cl)nc3c2CCC3)C1. The summed E-state index contributed by atoms with van der Waals surface area (Å²) < 4.78 is 0. The molecule has 1 fully saturated rings. The number of aromatic nitrogens is 2. The highest BCUT2D eigenvalue weighted by molar-refractivity contribution is 6.28. The summed E-state index contributed by atoms with van der Waals surface area (Å²) in [6.45, 7) is 1.94. The van der Waals surface area contributed by atoms with Crippen LogP contribution in [-0.4, -0.2) is 23.1 Å². The van der Waals surface area contributed by atoms with Crippen molar-refractivity contribution < 1.29 is 0 Å². The average Bonchev–Trinajstić information content (AvgIpc) is 2.86. The molecule has 0 N–H and O–H groups in total. The molecule has 1 aliphatic heterocycles. The summed E-state index contributed by atoms with van der Waals surface area (Å²) in [5, 5.41) is 9.22. The van der Waals surface area contributed by atoms with Crippen molar-refractivity contribution in [2.24, 2.45) is 5.92 Å². The molecule has 5 heteroatoms. The molecule has 3 rings (SSSR count). The van der Waals surface area contributed by atoms with Crippen LogP contribution in [0.15, 0.2) is 0 Å². The van der Waals surface area contributed by atoms with Crippen molar-refractivity contribution in [1.29, 1.82) is 5.26 Å². The average molecular weight is 277 g/mol. The Kier molecular flexibility index (Phi) is 3.56.